The molecule has 0 aliphatic carbocycles. The van der Waals surface area contributed by atoms with Crippen molar-refractivity contribution in [3.8, 4) is 5.69 Å². The van der Waals surface area contributed by atoms with Crippen LogP contribution in [0.4, 0.5) is 18.9 Å². The number of likely N-dealkylation sites (tertiary alicyclic amines) is 1. The van der Waals surface area contributed by atoms with Crippen LogP contribution in [-0.2, 0) is 11.0 Å². The summed E-state index contributed by atoms with van der Waals surface area (Å²) in [6.45, 7) is 1.81. The fraction of sp³-hybridized carbons (Fsp3) is 0.500. The molecule has 1 aliphatic rings. The zero-order chi connectivity index (χ0) is 19.3. The van der Waals surface area contributed by atoms with Gasteiger partial charge in [0.05, 0.1) is 23.5 Å². The first-order chi connectivity index (χ1) is 12.9. The van der Waals surface area contributed by atoms with Crippen molar-refractivity contribution in [2.45, 2.75) is 38.3 Å². The standard InChI is InChI=1S/C18H22F3N5O/c19-18(20,21)14-6-7-16(26-13-22-12-23-26)15(10-14)24-17(27)11-25-8-4-2-1-3-5-9-25/h6-7,10,12-13H,1-5,8-9,11H2,(H,24,27). The summed E-state index contributed by atoms with van der Waals surface area (Å²) in [6, 6.07) is 3.18. The first-order valence-corrected chi connectivity index (χ1v) is 9.02. The summed E-state index contributed by atoms with van der Waals surface area (Å²) in [7, 11) is 0. The average Bonchev–Trinajstić information content (AvgIpc) is 3.10. The lowest BCUT2D eigenvalue weighted by Crippen LogP contribution is -2.35. The predicted molar refractivity (Wildman–Crippen MR) is 94.5 cm³/mol. The highest BCUT2D eigenvalue weighted by molar-refractivity contribution is 5.94. The van der Waals surface area contributed by atoms with Crippen LogP contribution in [0.5, 0.6) is 0 Å². The van der Waals surface area contributed by atoms with Gasteiger partial charge in [0.1, 0.15) is 12.7 Å². The van der Waals surface area contributed by atoms with Gasteiger partial charge in [-0.1, -0.05) is 19.3 Å². The van der Waals surface area contributed by atoms with E-state index < -0.39 is 11.7 Å². The third-order valence-corrected chi connectivity index (χ3v) is 4.58. The molecule has 1 aliphatic heterocycles. The van der Waals surface area contributed by atoms with Crippen molar-refractivity contribution < 1.29 is 18.0 Å². The molecule has 1 saturated heterocycles. The molecule has 0 saturated carbocycles. The zero-order valence-corrected chi connectivity index (χ0v) is 14.9. The Bertz CT molecular complexity index is 753. The Kier molecular flexibility index (Phi) is 6.10. The number of hydrogen-bond acceptors (Lipinski definition) is 4. The SMILES string of the molecule is O=C(CN1CCCCCCC1)Nc1cc(C(F)(F)F)ccc1-n1cncn1. The molecule has 1 amide bonds. The van der Waals surface area contributed by atoms with Crippen molar-refractivity contribution in [1.82, 2.24) is 19.7 Å². The summed E-state index contributed by atoms with van der Waals surface area (Å²) >= 11 is 0. The van der Waals surface area contributed by atoms with Crippen molar-refractivity contribution >= 4 is 11.6 Å². The van der Waals surface area contributed by atoms with Gasteiger partial charge in [0.25, 0.3) is 0 Å². The Morgan fingerprint density at radius 2 is 1.81 bits per heavy atom. The molecule has 0 bridgehead atoms. The van der Waals surface area contributed by atoms with Gasteiger partial charge in [-0.05, 0) is 44.1 Å². The van der Waals surface area contributed by atoms with Crippen molar-refractivity contribution in [1.29, 1.82) is 0 Å². The van der Waals surface area contributed by atoms with E-state index in [-0.39, 0.29) is 18.1 Å². The Balaban J connectivity index is 1.77. The summed E-state index contributed by atoms with van der Waals surface area (Å²) < 4.78 is 40.6. The number of aromatic nitrogens is 3. The highest BCUT2D eigenvalue weighted by Gasteiger charge is 2.31. The van der Waals surface area contributed by atoms with E-state index in [0.717, 1.165) is 50.9 Å². The first kappa shape index (κ1) is 19.3. The maximum atomic E-state index is 13.1. The normalized spacial score (nSPS) is 16.6. The van der Waals surface area contributed by atoms with E-state index in [9.17, 15) is 18.0 Å². The molecule has 1 N–H and O–H groups in total. The number of amides is 1. The summed E-state index contributed by atoms with van der Waals surface area (Å²) in [5.41, 5.74) is -0.429. The molecular weight excluding hydrogens is 359 g/mol. The van der Waals surface area contributed by atoms with Gasteiger partial charge in [-0.3, -0.25) is 9.69 Å². The van der Waals surface area contributed by atoms with Crippen molar-refractivity contribution in [2.24, 2.45) is 0 Å². The topological polar surface area (TPSA) is 63.1 Å². The molecule has 146 valence electrons. The van der Waals surface area contributed by atoms with Crippen molar-refractivity contribution in [2.75, 3.05) is 25.0 Å². The van der Waals surface area contributed by atoms with Crippen LogP contribution >= 0.6 is 0 Å². The largest absolute Gasteiger partial charge is 0.416 e. The second kappa shape index (κ2) is 8.51. The Labute approximate surface area is 155 Å². The van der Waals surface area contributed by atoms with Gasteiger partial charge in [-0.2, -0.15) is 18.3 Å². The minimum atomic E-state index is -4.50. The minimum absolute atomic E-state index is 0.0624. The van der Waals surface area contributed by atoms with Gasteiger partial charge >= 0.3 is 6.18 Å². The fourth-order valence-corrected chi connectivity index (χ4v) is 3.21. The lowest BCUT2D eigenvalue weighted by Gasteiger charge is -2.24. The quantitative estimate of drug-likeness (QED) is 0.881. The lowest BCUT2D eigenvalue weighted by molar-refractivity contribution is -0.137. The van der Waals surface area contributed by atoms with Gasteiger partial charge < -0.3 is 5.32 Å². The summed E-state index contributed by atoms with van der Waals surface area (Å²) in [6.07, 6.45) is 3.71. The number of carbonyl (C=O) groups is 1. The van der Waals surface area contributed by atoms with Crippen LogP contribution in [0.1, 0.15) is 37.7 Å². The predicted octanol–water partition coefficient (Wildman–Crippen LogP) is 3.49. The number of alkyl halides is 3. The first-order valence-electron chi connectivity index (χ1n) is 9.02. The third-order valence-electron chi connectivity index (χ3n) is 4.58. The molecule has 2 heterocycles. The smallest absolute Gasteiger partial charge is 0.323 e. The molecule has 0 spiro atoms. The van der Waals surface area contributed by atoms with E-state index in [0.29, 0.717) is 5.69 Å². The monoisotopic (exact) mass is 381 g/mol. The lowest BCUT2D eigenvalue weighted by atomic mass is 10.1. The Morgan fingerprint density at radius 3 is 2.44 bits per heavy atom. The van der Waals surface area contributed by atoms with Crippen LogP contribution in [0.15, 0.2) is 30.9 Å². The van der Waals surface area contributed by atoms with E-state index in [2.05, 4.69) is 20.3 Å². The van der Waals surface area contributed by atoms with Gasteiger partial charge in [0, 0.05) is 0 Å². The molecular formula is C18H22F3N5O. The highest BCUT2D eigenvalue weighted by Crippen LogP contribution is 2.33. The zero-order valence-electron chi connectivity index (χ0n) is 14.9. The van der Waals surface area contributed by atoms with Crippen molar-refractivity contribution in [3.63, 3.8) is 0 Å². The maximum absolute atomic E-state index is 13.1. The molecule has 3 rings (SSSR count). The van der Waals surface area contributed by atoms with Crippen LogP contribution < -0.4 is 5.32 Å². The highest BCUT2D eigenvalue weighted by atomic mass is 19.4. The molecule has 6 nitrogen and oxygen atoms in total. The van der Waals surface area contributed by atoms with Crippen LogP contribution in [0.2, 0.25) is 0 Å². The van der Waals surface area contributed by atoms with Crippen LogP contribution in [0.3, 0.4) is 0 Å². The molecule has 1 aromatic heterocycles. The van der Waals surface area contributed by atoms with Crippen LogP contribution in [-0.4, -0.2) is 45.2 Å². The number of nitrogens with one attached hydrogen (secondary N) is 1. The molecule has 9 heteroatoms. The van der Waals surface area contributed by atoms with Gasteiger partial charge in [0.2, 0.25) is 5.91 Å². The fourth-order valence-electron chi connectivity index (χ4n) is 3.21. The Hall–Kier alpha value is -2.42. The number of rotatable bonds is 4. The number of anilines is 1. The van der Waals surface area contributed by atoms with Gasteiger partial charge in [-0.25, -0.2) is 9.67 Å². The van der Waals surface area contributed by atoms with E-state index in [1.807, 2.05) is 0 Å². The van der Waals surface area contributed by atoms with E-state index in [1.165, 1.54) is 29.8 Å². The molecule has 27 heavy (non-hydrogen) atoms. The summed E-state index contributed by atoms with van der Waals surface area (Å²) in [4.78, 5) is 18.3. The Morgan fingerprint density at radius 1 is 1.11 bits per heavy atom. The molecule has 0 unspecified atom stereocenters. The third kappa shape index (κ3) is 5.29. The number of nitrogens with zero attached hydrogens (tertiary/aromatic N) is 4. The number of hydrogen-bond donors (Lipinski definition) is 1. The summed E-state index contributed by atoms with van der Waals surface area (Å²) in [5, 5.41) is 6.57. The minimum Gasteiger partial charge on any atom is -0.323 e. The van der Waals surface area contributed by atoms with Crippen LogP contribution in [0.25, 0.3) is 5.69 Å². The molecule has 0 atom stereocenters. The van der Waals surface area contributed by atoms with Crippen LogP contribution in [0, 0.1) is 0 Å². The van der Waals surface area contributed by atoms with Crippen molar-refractivity contribution in [3.05, 3.63) is 36.4 Å². The summed E-state index contributed by atoms with van der Waals surface area (Å²) in [5.74, 6) is -0.337. The number of halogens is 3. The van der Waals surface area contributed by atoms with E-state index >= 15 is 0 Å². The molecule has 0 radical (unpaired) electrons. The molecule has 1 fully saturated rings. The van der Waals surface area contributed by atoms with E-state index in [1.54, 1.807) is 0 Å². The molecule has 1 aromatic carbocycles. The average molecular weight is 381 g/mol. The second-order valence-electron chi connectivity index (χ2n) is 6.66. The van der Waals surface area contributed by atoms with Gasteiger partial charge in [0.15, 0.2) is 0 Å². The molecule has 2 aromatic rings. The number of carbonyl (C=O) groups excluding carboxylic acids is 1. The maximum Gasteiger partial charge on any atom is 0.416 e. The van der Waals surface area contributed by atoms with Gasteiger partial charge in [-0.15, -0.1) is 0 Å². The number of benzene rings is 1. The second-order valence-corrected chi connectivity index (χ2v) is 6.66. The van der Waals surface area contributed by atoms with E-state index in [4.69, 9.17) is 0 Å².